The van der Waals surface area contributed by atoms with Gasteiger partial charge in [0.25, 0.3) is 0 Å². The van der Waals surface area contributed by atoms with Gasteiger partial charge in [0, 0.05) is 21.3 Å². The number of alkyl halides is 3. The third kappa shape index (κ3) is 3.99. The van der Waals surface area contributed by atoms with Crippen molar-refractivity contribution in [2.45, 2.75) is 12.5 Å². The lowest BCUT2D eigenvalue weighted by molar-refractivity contribution is -0.141. The van der Waals surface area contributed by atoms with Crippen LogP contribution in [-0.4, -0.2) is 35.2 Å². The minimum Gasteiger partial charge on any atom is -0.496 e. The summed E-state index contributed by atoms with van der Waals surface area (Å²) in [5, 5.41) is 0. The molecule has 0 spiro atoms. The van der Waals surface area contributed by atoms with Crippen LogP contribution < -0.4 is 9.47 Å². The first-order chi connectivity index (χ1) is 9.90. The topological polar surface area (TPSA) is 46.2 Å². The van der Waals surface area contributed by atoms with Crippen molar-refractivity contribution in [2.75, 3.05) is 35.2 Å². The van der Waals surface area contributed by atoms with E-state index in [0.717, 1.165) is 6.07 Å². The molecule has 5 nitrogen and oxygen atoms in total. The Hall–Kier alpha value is -1.51. The van der Waals surface area contributed by atoms with Gasteiger partial charge in [-0.1, -0.05) is 0 Å². The Kier molecular flexibility index (Phi) is 6.25. The quantitative estimate of drug-likeness (QED) is 0.725. The highest BCUT2D eigenvalue weighted by molar-refractivity contribution is 5.52. The Morgan fingerprint density at radius 1 is 1.05 bits per heavy atom. The summed E-state index contributed by atoms with van der Waals surface area (Å²) in [6.45, 7) is -0.358. The van der Waals surface area contributed by atoms with Gasteiger partial charge in [-0.3, -0.25) is 0 Å². The van der Waals surface area contributed by atoms with Crippen LogP contribution in [-0.2, 0) is 20.4 Å². The van der Waals surface area contributed by atoms with Crippen LogP contribution >= 0.6 is 0 Å². The Bertz CT molecular complexity index is 458. The third-order valence-electron chi connectivity index (χ3n) is 2.67. The molecule has 0 saturated carbocycles. The molecule has 21 heavy (non-hydrogen) atoms. The highest BCUT2D eigenvalue weighted by atomic mass is 19.4. The van der Waals surface area contributed by atoms with Gasteiger partial charge in [0.15, 0.2) is 13.1 Å². The molecule has 1 rings (SSSR count). The van der Waals surface area contributed by atoms with E-state index in [0.29, 0.717) is 0 Å². The summed E-state index contributed by atoms with van der Waals surface area (Å²) < 4.78 is 64.2. The van der Waals surface area contributed by atoms with Gasteiger partial charge in [0.2, 0.25) is 0 Å². The maximum atomic E-state index is 13.1. The summed E-state index contributed by atoms with van der Waals surface area (Å²) in [6.07, 6.45) is -5.68. The maximum absolute atomic E-state index is 13.1. The summed E-state index contributed by atoms with van der Waals surface area (Å²) >= 11 is 0. The standard InChI is InChI=1S/C13H17F3O5/c1-17-7-21-11-8(13(14,15)16)5-6-9(18-2)10(11)12(19-3)20-4/h5-6,12H,7H2,1-4H3. The van der Waals surface area contributed by atoms with E-state index >= 15 is 0 Å². The first kappa shape index (κ1) is 17.5. The monoisotopic (exact) mass is 310 g/mol. The van der Waals surface area contributed by atoms with Gasteiger partial charge >= 0.3 is 6.18 Å². The fourth-order valence-corrected chi connectivity index (χ4v) is 1.81. The minimum absolute atomic E-state index is 0.00868. The fourth-order valence-electron chi connectivity index (χ4n) is 1.81. The van der Waals surface area contributed by atoms with E-state index in [1.54, 1.807) is 0 Å². The molecule has 0 fully saturated rings. The number of ether oxygens (including phenoxy) is 5. The van der Waals surface area contributed by atoms with Crippen LogP contribution in [0.2, 0.25) is 0 Å². The molecule has 0 saturated heterocycles. The number of hydrogen-bond acceptors (Lipinski definition) is 5. The van der Waals surface area contributed by atoms with Crippen LogP contribution in [0.3, 0.4) is 0 Å². The molecular weight excluding hydrogens is 293 g/mol. The Labute approximate surface area is 120 Å². The molecule has 0 N–H and O–H groups in total. The molecule has 120 valence electrons. The van der Waals surface area contributed by atoms with Gasteiger partial charge in [-0.05, 0) is 12.1 Å². The predicted molar refractivity (Wildman–Crippen MR) is 67.3 cm³/mol. The van der Waals surface area contributed by atoms with Crippen molar-refractivity contribution in [1.82, 2.24) is 0 Å². The average Bonchev–Trinajstić information content (AvgIpc) is 2.45. The largest absolute Gasteiger partial charge is 0.496 e. The van der Waals surface area contributed by atoms with Crippen LogP contribution in [0, 0.1) is 0 Å². The van der Waals surface area contributed by atoms with E-state index in [-0.39, 0.29) is 18.1 Å². The fraction of sp³-hybridized carbons (Fsp3) is 0.538. The maximum Gasteiger partial charge on any atom is 0.419 e. The molecule has 0 aliphatic rings. The van der Waals surface area contributed by atoms with Crippen molar-refractivity contribution in [3.63, 3.8) is 0 Å². The van der Waals surface area contributed by atoms with Crippen LogP contribution in [0.5, 0.6) is 11.5 Å². The highest BCUT2D eigenvalue weighted by Crippen LogP contribution is 2.45. The molecule has 0 amide bonds. The molecule has 8 heteroatoms. The highest BCUT2D eigenvalue weighted by Gasteiger charge is 2.38. The SMILES string of the molecule is COCOc1c(C(F)(F)F)ccc(OC)c1C(OC)OC. The van der Waals surface area contributed by atoms with Gasteiger partial charge in [0.05, 0.1) is 18.2 Å². The first-order valence-electron chi connectivity index (χ1n) is 5.86. The van der Waals surface area contributed by atoms with Crippen LogP contribution in [0.4, 0.5) is 13.2 Å². The second kappa shape index (κ2) is 7.48. The molecule has 0 bridgehead atoms. The molecule has 0 aliphatic heterocycles. The lowest BCUT2D eigenvalue weighted by atomic mass is 10.1. The van der Waals surface area contributed by atoms with Crippen molar-refractivity contribution in [1.29, 1.82) is 0 Å². The number of rotatable bonds is 7. The molecule has 0 aliphatic carbocycles. The second-order valence-corrected chi connectivity index (χ2v) is 3.91. The number of benzene rings is 1. The minimum atomic E-state index is -4.60. The van der Waals surface area contributed by atoms with Crippen molar-refractivity contribution in [3.05, 3.63) is 23.3 Å². The first-order valence-corrected chi connectivity index (χ1v) is 5.86. The van der Waals surface area contributed by atoms with Crippen LogP contribution in [0.1, 0.15) is 17.4 Å². The smallest absolute Gasteiger partial charge is 0.419 e. The number of hydrogen-bond donors (Lipinski definition) is 0. The third-order valence-corrected chi connectivity index (χ3v) is 2.67. The van der Waals surface area contributed by atoms with E-state index < -0.39 is 23.8 Å². The van der Waals surface area contributed by atoms with Crippen molar-refractivity contribution >= 4 is 0 Å². The van der Waals surface area contributed by atoms with Gasteiger partial charge in [-0.25, -0.2) is 0 Å². The molecule has 0 heterocycles. The van der Waals surface area contributed by atoms with Crippen molar-refractivity contribution in [3.8, 4) is 11.5 Å². The van der Waals surface area contributed by atoms with Crippen molar-refractivity contribution < 1.29 is 36.9 Å². The summed E-state index contributed by atoms with van der Waals surface area (Å²) in [5.74, 6) is -0.291. The Morgan fingerprint density at radius 2 is 1.67 bits per heavy atom. The lowest BCUT2D eigenvalue weighted by Gasteiger charge is -2.23. The lowest BCUT2D eigenvalue weighted by Crippen LogP contribution is -2.16. The number of halogens is 3. The molecule has 1 aromatic rings. The van der Waals surface area contributed by atoms with E-state index in [9.17, 15) is 13.2 Å². The van der Waals surface area contributed by atoms with E-state index in [1.807, 2.05) is 0 Å². The van der Waals surface area contributed by atoms with Crippen LogP contribution in [0.15, 0.2) is 12.1 Å². The molecule has 0 unspecified atom stereocenters. The van der Waals surface area contributed by atoms with Crippen LogP contribution in [0.25, 0.3) is 0 Å². The molecule has 0 aromatic heterocycles. The summed E-state index contributed by atoms with van der Waals surface area (Å²) in [6, 6.07) is 2.05. The van der Waals surface area contributed by atoms with Gasteiger partial charge in [-0.2, -0.15) is 13.2 Å². The molecule has 0 radical (unpaired) electrons. The second-order valence-electron chi connectivity index (χ2n) is 3.91. The molecule has 0 atom stereocenters. The Morgan fingerprint density at radius 3 is 2.10 bits per heavy atom. The van der Waals surface area contributed by atoms with E-state index in [2.05, 4.69) is 4.74 Å². The molecule has 1 aromatic carbocycles. The van der Waals surface area contributed by atoms with Gasteiger partial charge in [-0.15, -0.1) is 0 Å². The Balaban J connectivity index is 3.52. The summed E-state index contributed by atoms with van der Waals surface area (Å²) in [4.78, 5) is 0. The zero-order chi connectivity index (χ0) is 16.0. The molecular formula is C13H17F3O5. The summed E-state index contributed by atoms with van der Waals surface area (Å²) in [7, 11) is 5.23. The average molecular weight is 310 g/mol. The number of methoxy groups -OCH3 is 4. The zero-order valence-electron chi connectivity index (χ0n) is 12.1. The predicted octanol–water partition coefficient (Wildman–Crippen LogP) is 2.99. The summed E-state index contributed by atoms with van der Waals surface area (Å²) in [5.41, 5.74) is -0.955. The van der Waals surface area contributed by atoms with E-state index in [4.69, 9.17) is 18.9 Å². The zero-order valence-corrected chi connectivity index (χ0v) is 12.1. The van der Waals surface area contributed by atoms with Crippen molar-refractivity contribution in [2.24, 2.45) is 0 Å². The van der Waals surface area contributed by atoms with E-state index in [1.165, 1.54) is 34.5 Å². The van der Waals surface area contributed by atoms with Gasteiger partial charge < -0.3 is 23.7 Å². The van der Waals surface area contributed by atoms with Gasteiger partial charge in [0.1, 0.15) is 11.5 Å². The normalized spacial score (nSPS) is 11.8.